The summed E-state index contributed by atoms with van der Waals surface area (Å²) in [5, 5.41) is 11.2. The molecule has 2 heterocycles. The molecule has 0 amide bonds. The summed E-state index contributed by atoms with van der Waals surface area (Å²) in [7, 11) is 0. The predicted molar refractivity (Wildman–Crippen MR) is 97.6 cm³/mol. The number of guanidine groups is 1. The van der Waals surface area contributed by atoms with Crippen molar-refractivity contribution in [2.45, 2.75) is 33.7 Å². The van der Waals surface area contributed by atoms with E-state index in [1.807, 2.05) is 6.92 Å². The Labute approximate surface area is 145 Å². The average Bonchev–Trinajstić information content (AvgIpc) is 2.90. The molecule has 0 unspecified atom stereocenters. The normalized spacial score (nSPS) is 16.4. The molecule has 1 aliphatic rings. The standard InChI is InChI=1S/C17H32N6O/c1-4-18-17(20-7-9-22-10-12-24-13-11-22)19-6-5-8-23-16(3)14-15(2)21-23/h14H,4-13H2,1-3H3,(H2,18,19,20). The van der Waals surface area contributed by atoms with E-state index in [1.165, 1.54) is 5.69 Å². The van der Waals surface area contributed by atoms with E-state index in [4.69, 9.17) is 4.74 Å². The van der Waals surface area contributed by atoms with E-state index < -0.39 is 0 Å². The predicted octanol–water partition coefficient (Wildman–Crippen LogP) is 0.777. The number of aliphatic imine (C=N–C) groups is 1. The van der Waals surface area contributed by atoms with Crippen LogP contribution in [0.4, 0.5) is 0 Å². The average molecular weight is 336 g/mol. The van der Waals surface area contributed by atoms with Gasteiger partial charge in [-0.05, 0) is 33.3 Å². The number of hydrogen-bond donors (Lipinski definition) is 2. The van der Waals surface area contributed by atoms with Gasteiger partial charge in [0.1, 0.15) is 0 Å². The number of ether oxygens (including phenoxy) is 1. The van der Waals surface area contributed by atoms with Crippen LogP contribution >= 0.6 is 0 Å². The molecular weight excluding hydrogens is 304 g/mol. The van der Waals surface area contributed by atoms with Crippen molar-refractivity contribution in [1.82, 2.24) is 25.3 Å². The van der Waals surface area contributed by atoms with Crippen LogP contribution in [0.5, 0.6) is 0 Å². The lowest BCUT2D eigenvalue weighted by Gasteiger charge is -2.26. The minimum atomic E-state index is 0.797. The summed E-state index contributed by atoms with van der Waals surface area (Å²) < 4.78 is 7.43. The molecule has 2 rings (SSSR count). The Kier molecular flexibility index (Phi) is 8.04. The summed E-state index contributed by atoms with van der Waals surface area (Å²) in [6.07, 6.45) is 0.988. The molecule has 0 aliphatic carbocycles. The monoisotopic (exact) mass is 336 g/mol. The van der Waals surface area contributed by atoms with Crippen LogP contribution < -0.4 is 10.6 Å². The first-order chi connectivity index (χ1) is 11.7. The van der Waals surface area contributed by atoms with E-state index in [-0.39, 0.29) is 0 Å². The maximum absolute atomic E-state index is 5.37. The summed E-state index contributed by atoms with van der Waals surface area (Å²) in [4.78, 5) is 7.08. The van der Waals surface area contributed by atoms with Gasteiger partial charge in [0, 0.05) is 51.5 Å². The first-order valence-corrected chi connectivity index (χ1v) is 9.02. The zero-order chi connectivity index (χ0) is 17.2. The highest BCUT2D eigenvalue weighted by molar-refractivity contribution is 5.79. The maximum atomic E-state index is 5.37. The molecule has 0 aromatic carbocycles. The van der Waals surface area contributed by atoms with Crippen LogP contribution in [0.15, 0.2) is 11.1 Å². The van der Waals surface area contributed by atoms with E-state index in [2.05, 4.69) is 50.2 Å². The largest absolute Gasteiger partial charge is 0.379 e. The molecule has 1 saturated heterocycles. The Morgan fingerprint density at radius 2 is 2.04 bits per heavy atom. The van der Waals surface area contributed by atoms with Gasteiger partial charge in [0.2, 0.25) is 0 Å². The number of aromatic nitrogens is 2. The number of nitrogens with one attached hydrogen (secondary N) is 2. The van der Waals surface area contributed by atoms with Gasteiger partial charge in [-0.1, -0.05) is 0 Å². The van der Waals surface area contributed by atoms with E-state index >= 15 is 0 Å². The van der Waals surface area contributed by atoms with Crippen LogP contribution in [0.1, 0.15) is 24.7 Å². The fourth-order valence-electron chi connectivity index (χ4n) is 2.81. The summed E-state index contributed by atoms with van der Waals surface area (Å²) in [5.41, 5.74) is 2.29. The molecule has 1 aromatic rings. The second kappa shape index (κ2) is 10.3. The number of hydrogen-bond acceptors (Lipinski definition) is 4. The van der Waals surface area contributed by atoms with E-state index in [0.717, 1.165) is 77.1 Å². The molecule has 0 radical (unpaired) electrons. The van der Waals surface area contributed by atoms with Gasteiger partial charge < -0.3 is 15.4 Å². The summed E-state index contributed by atoms with van der Waals surface area (Å²) >= 11 is 0. The highest BCUT2D eigenvalue weighted by Crippen LogP contribution is 2.02. The Balaban J connectivity index is 1.68. The van der Waals surface area contributed by atoms with Crippen LogP contribution in [0, 0.1) is 13.8 Å². The van der Waals surface area contributed by atoms with Gasteiger partial charge in [-0.15, -0.1) is 0 Å². The van der Waals surface area contributed by atoms with Crippen LogP contribution in [0.25, 0.3) is 0 Å². The van der Waals surface area contributed by atoms with Crippen LogP contribution in [0.3, 0.4) is 0 Å². The van der Waals surface area contributed by atoms with Gasteiger partial charge >= 0.3 is 0 Å². The van der Waals surface area contributed by atoms with Crippen LogP contribution in [-0.2, 0) is 11.3 Å². The van der Waals surface area contributed by atoms with Crippen molar-refractivity contribution in [1.29, 1.82) is 0 Å². The molecule has 1 aromatic heterocycles. The van der Waals surface area contributed by atoms with Gasteiger partial charge in [0.25, 0.3) is 0 Å². The highest BCUT2D eigenvalue weighted by atomic mass is 16.5. The Morgan fingerprint density at radius 3 is 2.71 bits per heavy atom. The van der Waals surface area contributed by atoms with Crippen molar-refractivity contribution >= 4 is 5.96 Å². The minimum Gasteiger partial charge on any atom is -0.379 e. The van der Waals surface area contributed by atoms with Crippen molar-refractivity contribution in [3.05, 3.63) is 17.5 Å². The topological polar surface area (TPSA) is 66.7 Å². The first kappa shape index (κ1) is 18.7. The molecule has 7 nitrogen and oxygen atoms in total. The number of nitrogens with zero attached hydrogens (tertiary/aromatic N) is 4. The van der Waals surface area contributed by atoms with Crippen molar-refractivity contribution in [3.8, 4) is 0 Å². The SMILES string of the molecule is CCNC(=NCCCn1nc(C)cc1C)NCCN1CCOCC1. The molecule has 24 heavy (non-hydrogen) atoms. The molecule has 1 fully saturated rings. The molecule has 0 atom stereocenters. The van der Waals surface area contributed by atoms with Gasteiger partial charge in [0.15, 0.2) is 5.96 Å². The van der Waals surface area contributed by atoms with E-state index in [1.54, 1.807) is 0 Å². The molecule has 0 spiro atoms. The number of morpholine rings is 1. The second-order valence-corrected chi connectivity index (χ2v) is 6.15. The fraction of sp³-hybridized carbons (Fsp3) is 0.765. The van der Waals surface area contributed by atoms with Crippen molar-refractivity contribution in [3.63, 3.8) is 0 Å². The van der Waals surface area contributed by atoms with Gasteiger partial charge in [-0.25, -0.2) is 0 Å². The molecule has 0 bridgehead atoms. The Morgan fingerprint density at radius 1 is 1.25 bits per heavy atom. The lowest BCUT2D eigenvalue weighted by Crippen LogP contribution is -2.44. The highest BCUT2D eigenvalue weighted by Gasteiger charge is 2.09. The van der Waals surface area contributed by atoms with Crippen molar-refractivity contribution < 1.29 is 4.74 Å². The van der Waals surface area contributed by atoms with Crippen LogP contribution in [0.2, 0.25) is 0 Å². The summed E-state index contributed by atoms with van der Waals surface area (Å²) in [5.74, 6) is 0.902. The minimum absolute atomic E-state index is 0.797. The number of aryl methyl sites for hydroxylation is 3. The van der Waals surface area contributed by atoms with E-state index in [0.29, 0.717) is 0 Å². The van der Waals surface area contributed by atoms with Gasteiger partial charge in [-0.3, -0.25) is 14.6 Å². The van der Waals surface area contributed by atoms with Crippen molar-refractivity contribution in [2.75, 3.05) is 52.5 Å². The maximum Gasteiger partial charge on any atom is 0.191 e. The smallest absolute Gasteiger partial charge is 0.191 e. The molecular formula is C17H32N6O. The second-order valence-electron chi connectivity index (χ2n) is 6.15. The Hall–Kier alpha value is -1.60. The quantitative estimate of drug-likeness (QED) is 0.417. The summed E-state index contributed by atoms with van der Waals surface area (Å²) in [6, 6.07) is 2.11. The third-order valence-electron chi connectivity index (χ3n) is 4.07. The lowest BCUT2D eigenvalue weighted by atomic mass is 10.4. The molecule has 1 aliphatic heterocycles. The zero-order valence-corrected chi connectivity index (χ0v) is 15.3. The third-order valence-corrected chi connectivity index (χ3v) is 4.07. The van der Waals surface area contributed by atoms with Crippen LogP contribution in [-0.4, -0.2) is 73.1 Å². The van der Waals surface area contributed by atoms with Gasteiger partial charge in [-0.2, -0.15) is 5.10 Å². The fourth-order valence-corrected chi connectivity index (χ4v) is 2.81. The Bertz CT molecular complexity index is 507. The molecule has 7 heteroatoms. The summed E-state index contributed by atoms with van der Waals surface area (Å²) in [6.45, 7) is 14.5. The van der Waals surface area contributed by atoms with Crippen molar-refractivity contribution in [2.24, 2.45) is 4.99 Å². The molecule has 2 N–H and O–H groups in total. The molecule has 136 valence electrons. The zero-order valence-electron chi connectivity index (χ0n) is 15.3. The third kappa shape index (κ3) is 6.49. The first-order valence-electron chi connectivity index (χ1n) is 9.02. The molecule has 0 saturated carbocycles. The van der Waals surface area contributed by atoms with Gasteiger partial charge in [0.05, 0.1) is 18.9 Å². The van der Waals surface area contributed by atoms with E-state index in [9.17, 15) is 0 Å². The lowest BCUT2D eigenvalue weighted by molar-refractivity contribution is 0.0389. The number of rotatable bonds is 8.